The fraction of sp³-hybridized carbons (Fsp3) is 0.146. The van der Waals surface area contributed by atoms with Gasteiger partial charge in [-0.1, -0.05) is 213 Å². The van der Waals surface area contributed by atoms with Crippen LogP contribution in [0.3, 0.4) is 0 Å². The van der Waals surface area contributed by atoms with Gasteiger partial charge in [-0.3, -0.25) is 9.59 Å². The summed E-state index contributed by atoms with van der Waals surface area (Å²) in [6.07, 6.45) is 0. The lowest BCUT2D eigenvalue weighted by atomic mass is 9.86. The monoisotopic (exact) mass is 1190 g/mol. The summed E-state index contributed by atoms with van der Waals surface area (Å²) in [4.78, 5) is 43.7. The van der Waals surface area contributed by atoms with Gasteiger partial charge in [-0.05, 0) is 147 Å². The molecule has 91 heavy (non-hydrogen) atoms. The lowest BCUT2D eigenvalue weighted by molar-refractivity contribution is 0.103. The smallest absolute Gasteiger partial charge is 0.193 e. The fourth-order valence-corrected chi connectivity index (χ4v) is 12.1. The third-order valence-corrected chi connectivity index (χ3v) is 17.1. The van der Waals surface area contributed by atoms with E-state index >= 15 is 0 Å². The summed E-state index contributed by atoms with van der Waals surface area (Å²) in [5.74, 6) is 0.170. The van der Waals surface area contributed by atoms with Gasteiger partial charge in [-0.15, -0.1) is 0 Å². The summed E-state index contributed by atoms with van der Waals surface area (Å²) in [5, 5.41) is 14.1. The van der Waals surface area contributed by atoms with Crippen LogP contribution in [0.15, 0.2) is 265 Å². The Bertz CT molecular complexity index is 4880. The van der Waals surface area contributed by atoms with E-state index in [4.69, 9.17) is 25.9 Å². The molecule has 0 unspecified atom stereocenters. The number of hydrogen-bond acceptors (Lipinski definition) is 9. The first-order valence-electron chi connectivity index (χ1n) is 31.1. The Balaban J connectivity index is 0.947. The van der Waals surface area contributed by atoms with Crippen molar-refractivity contribution in [3.05, 3.63) is 288 Å². The van der Waals surface area contributed by atoms with Crippen LogP contribution in [0.1, 0.15) is 98.4 Å². The standard InChI is InChI=1S/C82H71N7O2/c1-52(2)51-84-87-76-72(54-33-45-64(46-34-54)89(62-21-13-10-14-22-62)66-49-37-58(38-50-66)80(91)56-29-41-60(42-30-56)82(6,7)8)78-77(85-74-69-25-17-15-23-67(69)68-24-16-18-26-70(68)75(74)86-78)71(73(76)83)53-31-43-63(44-32-53)88(61-19-11-9-12-20-61)65-47-35-57(36-48-65)79(90)55-27-39-59(40-28-55)81(3,4)5/h9-50,52H,51,83H2,1-8H3. The number of carbonyl (C=O) groups is 2. The number of hydrogen-bond donors (Lipinski definition) is 1. The molecule has 0 radical (unpaired) electrons. The number of nitrogen functional groups attached to an aromatic ring is 1. The lowest BCUT2D eigenvalue weighted by Gasteiger charge is -2.26. The van der Waals surface area contributed by atoms with E-state index in [9.17, 15) is 9.59 Å². The first kappa shape index (κ1) is 59.1. The molecule has 9 nitrogen and oxygen atoms in total. The van der Waals surface area contributed by atoms with E-state index in [0.717, 1.165) is 77.8 Å². The predicted molar refractivity (Wildman–Crippen MR) is 378 cm³/mol. The molecule has 0 aliphatic rings. The van der Waals surface area contributed by atoms with Crippen molar-refractivity contribution in [3.8, 4) is 22.3 Å². The minimum absolute atomic E-state index is 0.0188. The minimum atomic E-state index is -0.0305. The topological polar surface area (TPSA) is 117 Å². The maximum atomic E-state index is 13.9. The average molecular weight is 1190 g/mol. The van der Waals surface area contributed by atoms with E-state index in [-0.39, 0.29) is 28.3 Å². The second kappa shape index (κ2) is 24.2. The second-order valence-electron chi connectivity index (χ2n) is 25.9. The van der Waals surface area contributed by atoms with Gasteiger partial charge in [0.25, 0.3) is 0 Å². The molecule has 0 aliphatic heterocycles. The number of carbonyl (C=O) groups excluding carboxylic acids is 2. The van der Waals surface area contributed by atoms with Crippen LogP contribution in [0.4, 0.5) is 45.5 Å². The van der Waals surface area contributed by atoms with Gasteiger partial charge in [0.1, 0.15) is 16.7 Å². The number of azo groups is 1. The summed E-state index contributed by atoms with van der Waals surface area (Å²) < 4.78 is 0. The van der Waals surface area contributed by atoms with E-state index in [2.05, 4.69) is 187 Å². The molecule has 0 aliphatic carbocycles. The molecule has 12 aromatic carbocycles. The van der Waals surface area contributed by atoms with Crippen LogP contribution in [0, 0.1) is 5.92 Å². The lowest BCUT2D eigenvalue weighted by Crippen LogP contribution is -2.12. The summed E-state index contributed by atoms with van der Waals surface area (Å²) in [6.45, 7) is 17.8. The highest BCUT2D eigenvalue weighted by molar-refractivity contribution is 6.25. The Morgan fingerprint density at radius 3 is 1.05 bits per heavy atom. The highest BCUT2D eigenvalue weighted by Gasteiger charge is 2.27. The number of fused-ring (bicyclic) bond motifs is 7. The van der Waals surface area contributed by atoms with Crippen molar-refractivity contribution in [1.29, 1.82) is 0 Å². The quantitative estimate of drug-likeness (QED) is 0.0357. The number of nitrogens with zero attached hydrogens (tertiary/aromatic N) is 6. The molecular formula is C82H71N7O2. The molecule has 0 atom stereocenters. The number of aromatic nitrogens is 2. The predicted octanol–water partition coefficient (Wildman–Crippen LogP) is 21.7. The van der Waals surface area contributed by atoms with E-state index in [0.29, 0.717) is 62.3 Å². The van der Waals surface area contributed by atoms with Gasteiger partial charge in [0, 0.05) is 78.3 Å². The van der Waals surface area contributed by atoms with Gasteiger partial charge >= 0.3 is 0 Å². The molecule has 1 aromatic heterocycles. The van der Waals surface area contributed by atoms with Gasteiger partial charge in [0.15, 0.2) is 11.6 Å². The Morgan fingerprint density at radius 1 is 0.385 bits per heavy atom. The molecule has 0 saturated carbocycles. The van der Waals surface area contributed by atoms with Crippen LogP contribution < -0.4 is 15.5 Å². The third kappa shape index (κ3) is 11.6. The molecule has 0 bridgehead atoms. The summed E-state index contributed by atoms with van der Waals surface area (Å²) in [7, 11) is 0. The normalized spacial score (nSPS) is 12.0. The molecule has 13 rings (SSSR count). The van der Waals surface area contributed by atoms with Gasteiger partial charge in [-0.2, -0.15) is 10.2 Å². The molecule has 0 amide bonds. The van der Waals surface area contributed by atoms with Gasteiger partial charge < -0.3 is 15.5 Å². The number of anilines is 7. The van der Waals surface area contributed by atoms with Crippen LogP contribution in [0.5, 0.6) is 0 Å². The zero-order valence-corrected chi connectivity index (χ0v) is 52.6. The number of rotatable bonds is 15. The van der Waals surface area contributed by atoms with Crippen LogP contribution in [0.25, 0.3) is 65.9 Å². The van der Waals surface area contributed by atoms with Crippen LogP contribution in [0.2, 0.25) is 0 Å². The van der Waals surface area contributed by atoms with Crippen LogP contribution >= 0.6 is 0 Å². The van der Waals surface area contributed by atoms with E-state index in [1.54, 1.807) is 0 Å². The molecule has 0 spiro atoms. The number of benzene rings is 12. The second-order valence-corrected chi connectivity index (χ2v) is 25.9. The maximum absolute atomic E-state index is 13.9. The highest BCUT2D eigenvalue weighted by Crippen LogP contribution is 2.50. The average Bonchev–Trinajstić information content (AvgIpc) is 0.744. The number of ketones is 2. The van der Waals surface area contributed by atoms with Crippen LogP contribution in [-0.4, -0.2) is 28.1 Å². The zero-order valence-electron chi connectivity index (χ0n) is 52.6. The van der Waals surface area contributed by atoms with Gasteiger partial charge in [0.2, 0.25) is 0 Å². The number of para-hydroxylation sites is 2. The molecule has 0 saturated heterocycles. The fourth-order valence-electron chi connectivity index (χ4n) is 12.1. The minimum Gasteiger partial charge on any atom is -0.396 e. The zero-order chi connectivity index (χ0) is 63.1. The number of nitrogens with two attached hydrogens (primary N) is 1. The molecule has 1 heterocycles. The van der Waals surface area contributed by atoms with Crippen molar-refractivity contribution in [2.75, 3.05) is 22.1 Å². The molecule has 9 heteroatoms. The van der Waals surface area contributed by atoms with E-state index in [1.165, 1.54) is 11.1 Å². The largest absolute Gasteiger partial charge is 0.396 e. The maximum Gasteiger partial charge on any atom is 0.193 e. The van der Waals surface area contributed by atoms with Crippen molar-refractivity contribution >= 4 is 101 Å². The van der Waals surface area contributed by atoms with Gasteiger partial charge in [0.05, 0.1) is 23.3 Å². The van der Waals surface area contributed by atoms with E-state index < -0.39 is 0 Å². The summed E-state index contributed by atoms with van der Waals surface area (Å²) >= 11 is 0. The first-order chi connectivity index (χ1) is 44.0. The molecule has 446 valence electrons. The molecular weight excluding hydrogens is 1110 g/mol. The summed E-state index contributed by atoms with van der Waals surface area (Å²) in [5.41, 5.74) is 24.8. The van der Waals surface area contributed by atoms with Crippen molar-refractivity contribution < 1.29 is 9.59 Å². The first-order valence-corrected chi connectivity index (χ1v) is 31.1. The van der Waals surface area contributed by atoms with Crippen molar-refractivity contribution in [2.24, 2.45) is 16.1 Å². The van der Waals surface area contributed by atoms with Crippen molar-refractivity contribution in [1.82, 2.24) is 9.97 Å². The van der Waals surface area contributed by atoms with Crippen LogP contribution in [-0.2, 0) is 10.8 Å². The third-order valence-electron chi connectivity index (χ3n) is 17.1. The molecule has 2 N–H and O–H groups in total. The Morgan fingerprint density at radius 2 is 0.692 bits per heavy atom. The highest BCUT2D eigenvalue weighted by atomic mass is 16.1. The van der Waals surface area contributed by atoms with Crippen molar-refractivity contribution in [3.63, 3.8) is 0 Å². The van der Waals surface area contributed by atoms with E-state index in [1.807, 2.05) is 133 Å². The Labute approximate surface area is 532 Å². The summed E-state index contributed by atoms with van der Waals surface area (Å²) in [6, 6.07) is 85.6. The SMILES string of the molecule is CC(C)CN=Nc1c(N)c(-c2ccc(N(c3ccccc3)c3ccc(C(=O)c4ccc(C(C)(C)C)cc4)cc3)cc2)c2nc3c4ccccc4c4ccccc4c3nc2c1-c1ccc(N(c2ccccc2)c2ccc(C(=O)c3ccc(C(C)(C)C)cc3)cc2)cc1. The molecule has 0 fully saturated rings. The Hall–Kier alpha value is -10.9. The molecule has 13 aromatic rings. The van der Waals surface area contributed by atoms with Gasteiger partial charge in [-0.25, -0.2) is 9.97 Å². The Kier molecular flexibility index (Phi) is 15.7. The van der Waals surface area contributed by atoms with Crippen molar-refractivity contribution in [2.45, 2.75) is 66.2 Å².